The summed E-state index contributed by atoms with van der Waals surface area (Å²) in [6.45, 7) is 4.95. The minimum absolute atomic E-state index is 0.0425. The second-order valence-corrected chi connectivity index (χ2v) is 5.41. The Bertz CT molecular complexity index is 422. The van der Waals surface area contributed by atoms with Gasteiger partial charge in [-0.25, -0.2) is 0 Å². The van der Waals surface area contributed by atoms with E-state index >= 15 is 0 Å². The van der Waals surface area contributed by atoms with Crippen LogP contribution in [0.5, 0.6) is 5.75 Å². The number of hydrogen-bond acceptors (Lipinski definition) is 3. The second-order valence-electron chi connectivity index (χ2n) is 4.97. The van der Waals surface area contributed by atoms with E-state index in [0.29, 0.717) is 18.2 Å². The van der Waals surface area contributed by atoms with Crippen LogP contribution >= 0.6 is 11.6 Å². The molecule has 2 N–H and O–H groups in total. The monoisotopic (exact) mass is 298 g/mol. The molecule has 2 atom stereocenters. The molecule has 0 radical (unpaired) electrons. The average molecular weight is 299 g/mol. The summed E-state index contributed by atoms with van der Waals surface area (Å²) in [4.78, 5) is 13.7. The van der Waals surface area contributed by atoms with Crippen LogP contribution in [0.25, 0.3) is 0 Å². The molecule has 5 heteroatoms. The molecule has 0 fully saturated rings. The highest BCUT2D eigenvalue weighted by Crippen LogP contribution is 2.15. The van der Waals surface area contributed by atoms with E-state index in [1.54, 1.807) is 36.2 Å². The Morgan fingerprint density at radius 3 is 2.55 bits per heavy atom. The van der Waals surface area contributed by atoms with Crippen LogP contribution in [0.1, 0.15) is 20.3 Å². The number of nitrogens with two attached hydrogens (primary N) is 1. The van der Waals surface area contributed by atoms with Gasteiger partial charge in [0, 0.05) is 12.1 Å². The molecule has 20 heavy (non-hydrogen) atoms. The van der Waals surface area contributed by atoms with Crippen molar-refractivity contribution in [2.24, 2.45) is 11.7 Å². The third kappa shape index (κ3) is 5.02. The van der Waals surface area contributed by atoms with E-state index in [1.807, 2.05) is 13.8 Å². The van der Waals surface area contributed by atoms with Gasteiger partial charge in [0.1, 0.15) is 12.4 Å². The van der Waals surface area contributed by atoms with Crippen molar-refractivity contribution in [3.05, 3.63) is 29.3 Å². The fourth-order valence-electron chi connectivity index (χ4n) is 1.69. The van der Waals surface area contributed by atoms with Crippen molar-refractivity contribution in [1.82, 2.24) is 4.90 Å². The predicted octanol–water partition coefficient (Wildman–Crippen LogP) is 2.55. The maximum Gasteiger partial charge on any atom is 0.239 e. The quantitative estimate of drug-likeness (QED) is 0.841. The highest BCUT2D eigenvalue weighted by Gasteiger charge is 2.22. The normalized spacial score (nSPS) is 13.7. The van der Waals surface area contributed by atoms with E-state index < -0.39 is 6.04 Å². The highest BCUT2D eigenvalue weighted by atomic mass is 35.5. The van der Waals surface area contributed by atoms with Gasteiger partial charge in [-0.15, -0.1) is 0 Å². The number of rotatable bonds is 7. The van der Waals surface area contributed by atoms with Crippen LogP contribution in [0.3, 0.4) is 0 Å². The summed E-state index contributed by atoms with van der Waals surface area (Å²) in [7, 11) is 1.75. The maximum absolute atomic E-state index is 12.1. The molecular weight excluding hydrogens is 276 g/mol. The Labute approximate surface area is 125 Å². The Morgan fingerprint density at radius 1 is 1.40 bits per heavy atom. The maximum atomic E-state index is 12.1. The molecule has 1 aromatic rings. The number of nitrogens with zero attached hydrogens (tertiary/aromatic N) is 1. The van der Waals surface area contributed by atoms with Crippen LogP contribution in [-0.4, -0.2) is 37.0 Å². The standard InChI is InChI=1S/C15H23ClN2O2/c1-4-11(2)14(17)15(19)18(3)9-10-20-13-7-5-12(16)6-8-13/h5-8,11,14H,4,9-10,17H2,1-3H3. The third-order valence-corrected chi connectivity index (χ3v) is 3.68. The summed E-state index contributed by atoms with van der Waals surface area (Å²) >= 11 is 5.79. The fourth-order valence-corrected chi connectivity index (χ4v) is 1.82. The molecule has 0 heterocycles. The van der Waals surface area contributed by atoms with Gasteiger partial charge in [-0.1, -0.05) is 31.9 Å². The first kappa shape index (κ1) is 16.8. The lowest BCUT2D eigenvalue weighted by atomic mass is 9.99. The lowest BCUT2D eigenvalue weighted by Gasteiger charge is -2.24. The number of hydrogen-bond donors (Lipinski definition) is 1. The van der Waals surface area contributed by atoms with E-state index in [-0.39, 0.29) is 11.8 Å². The zero-order valence-electron chi connectivity index (χ0n) is 12.3. The smallest absolute Gasteiger partial charge is 0.239 e. The van der Waals surface area contributed by atoms with E-state index in [4.69, 9.17) is 22.1 Å². The molecule has 0 aromatic heterocycles. The summed E-state index contributed by atoms with van der Waals surface area (Å²) < 4.78 is 5.56. The lowest BCUT2D eigenvalue weighted by Crippen LogP contribution is -2.46. The first-order chi connectivity index (χ1) is 9.45. The number of likely N-dealkylation sites (N-methyl/N-ethyl adjacent to an activating group) is 1. The van der Waals surface area contributed by atoms with Crippen molar-refractivity contribution in [1.29, 1.82) is 0 Å². The third-order valence-electron chi connectivity index (χ3n) is 3.43. The van der Waals surface area contributed by atoms with Gasteiger partial charge in [0.2, 0.25) is 5.91 Å². The van der Waals surface area contributed by atoms with Crippen molar-refractivity contribution < 1.29 is 9.53 Å². The zero-order valence-corrected chi connectivity index (χ0v) is 13.1. The summed E-state index contributed by atoms with van der Waals surface area (Å²) in [5, 5.41) is 0.671. The van der Waals surface area contributed by atoms with Crippen molar-refractivity contribution in [2.75, 3.05) is 20.2 Å². The molecule has 0 saturated carbocycles. The Morgan fingerprint density at radius 2 is 2.00 bits per heavy atom. The number of amides is 1. The molecular formula is C15H23ClN2O2. The van der Waals surface area contributed by atoms with Crippen molar-refractivity contribution in [3.63, 3.8) is 0 Å². The molecule has 0 aliphatic rings. The number of carbonyl (C=O) groups excluding carboxylic acids is 1. The second kappa shape index (κ2) is 8.12. The van der Waals surface area contributed by atoms with Crippen LogP contribution in [0, 0.1) is 5.92 Å². The predicted molar refractivity (Wildman–Crippen MR) is 82.0 cm³/mol. The van der Waals surface area contributed by atoms with Gasteiger partial charge in [0.15, 0.2) is 0 Å². The molecule has 1 amide bonds. The van der Waals surface area contributed by atoms with E-state index in [1.165, 1.54) is 0 Å². The SMILES string of the molecule is CCC(C)C(N)C(=O)N(C)CCOc1ccc(Cl)cc1. The first-order valence-corrected chi connectivity index (χ1v) is 7.22. The van der Waals surface area contributed by atoms with E-state index in [9.17, 15) is 4.79 Å². The molecule has 0 aliphatic carbocycles. The van der Waals surface area contributed by atoms with Gasteiger partial charge in [0.25, 0.3) is 0 Å². The Balaban J connectivity index is 2.37. The van der Waals surface area contributed by atoms with Crippen molar-refractivity contribution in [2.45, 2.75) is 26.3 Å². The molecule has 1 aromatic carbocycles. The fraction of sp³-hybridized carbons (Fsp3) is 0.533. The number of ether oxygens (including phenoxy) is 1. The molecule has 0 bridgehead atoms. The largest absolute Gasteiger partial charge is 0.492 e. The van der Waals surface area contributed by atoms with Crippen LogP contribution in [0.4, 0.5) is 0 Å². The van der Waals surface area contributed by atoms with Gasteiger partial charge < -0.3 is 15.4 Å². The van der Waals surface area contributed by atoms with Crippen LogP contribution in [0.2, 0.25) is 5.02 Å². The highest BCUT2D eigenvalue weighted by molar-refractivity contribution is 6.30. The van der Waals surface area contributed by atoms with Gasteiger partial charge in [-0.2, -0.15) is 0 Å². The van der Waals surface area contributed by atoms with Crippen molar-refractivity contribution in [3.8, 4) is 5.75 Å². The number of benzene rings is 1. The van der Waals surface area contributed by atoms with E-state index in [0.717, 1.165) is 12.2 Å². The molecule has 1 rings (SSSR count). The van der Waals surface area contributed by atoms with Gasteiger partial charge in [0.05, 0.1) is 12.6 Å². The topological polar surface area (TPSA) is 55.6 Å². The summed E-state index contributed by atoms with van der Waals surface area (Å²) in [6.07, 6.45) is 0.891. The molecule has 112 valence electrons. The Kier molecular flexibility index (Phi) is 6.82. The molecule has 0 aliphatic heterocycles. The molecule has 0 saturated heterocycles. The summed E-state index contributed by atoms with van der Waals surface area (Å²) in [5.41, 5.74) is 5.92. The van der Waals surface area contributed by atoms with Crippen LogP contribution in [-0.2, 0) is 4.79 Å². The van der Waals surface area contributed by atoms with Crippen LogP contribution < -0.4 is 10.5 Å². The number of halogens is 1. The number of carbonyl (C=O) groups is 1. The lowest BCUT2D eigenvalue weighted by molar-refractivity contribution is -0.132. The summed E-state index contributed by atoms with van der Waals surface area (Å²) in [5.74, 6) is 0.877. The molecule has 2 unspecified atom stereocenters. The minimum Gasteiger partial charge on any atom is -0.492 e. The summed E-state index contributed by atoms with van der Waals surface area (Å²) in [6, 6.07) is 6.69. The average Bonchev–Trinajstić information content (AvgIpc) is 2.46. The van der Waals surface area contributed by atoms with Crippen LogP contribution in [0.15, 0.2) is 24.3 Å². The molecule has 0 spiro atoms. The zero-order chi connectivity index (χ0) is 15.1. The van der Waals surface area contributed by atoms with Crippen molar-refractivity contribution >= 4 is 17.5 Å². The van der Waals surface area contributed by atoms with Gasteiger partial charge >= 0.3 is 0 Å². The van der Waals surface area contributed by atoms with Gasteiger partial charge in [-0.05, 0) is 30.2 Å². The minimum atomic E-state index is -0.444. The molecule has 4 nitrogen and oxygen atoms in total. The van der Waals surface area contributed by atoms with Gasteiger partial charge in [-0.3, -0.25) is 4.79 Å². The first-order valence-electron chi connectivity index (χ1n) is 6.84. The van der Waals surface area contributed by atoms with E-state index in [2.05, 4.69) is 0 Å². The Hall–Kier alpha value is -1.26.